The summed E-state index contributed by atoms with van der Waals surface area (Å²) in [4.78, 5) is 5.86. The molecule has 0 saturated carbocycles. The molecule has 0 spiro atoms. The zero-order valence-electron chi connectivity index (χ0n) is 10.5. The van der Waals surface area contributed by atoms with Crippen LogP contribution in [-0.4, -0.2) is 55.8 Å². The predicted molar refractivity (Wildman–Crippen MR) is 72.5 cm³/mol. The van der Waals surface area contributed by atoms with Gasteiger partial charge in [-0.05, 0) is 20.0 Å². The van der Waals surface area contributed by atoms with Crippen molar-refractivity contribution in [3.8, 4) is 0 Å². The summed E-state index contributed by atoms with van der Waals surface area (Å²) in [5.74, 6) is 0.318. The molecule has 2 atom stereocenters. The van der Waals surface area contributed by atoms with Gasteiger partial charge >= 0.3 is 0 Å². The van der Waals surface area contributed by atoms with Crippen LogP contribution in [0.25, 0.3) is 0 Å². The van der Waals surface area contributed by atoms with E-state index in [4.69, 9.17) is 11.6 Å². The van der Waals surface area contributed by atoms with E-state index in [-0.39, 0.29) is 14.7 Å². The van der Waals surface area contributed by atoms with Crippen LogP contribution in [-0.2, 0) is 10.0 Å². The molecule has 0 amide bonds. The number of rotatable bonds is 3. The lowest BCUT2D eigenvalue weighted by Crippen LogP contribution is -2.35. The Labute approximate surface area is 116 Å². The first-order valence-electron chi connectivity index (χ1n) is 5.60. The molecule has 0 radical (unpaired) electrons. The largest absolute Gasteiger partial charge is 0.305 e. The molecule has 1 aromatic heterocycles. The fraction of sp³-hybridized carbons (Fsp3) is 0.700. The van der Waals surface area contributed by atoms with Crippen molar-refractivity contribution in [2.75, 3.05) is 27.2 Å². The molecule has 2 heterocycles. The van der Waals surface area contributed by atoms with E-state index in [2.05, 4.69) is 16.8 Å². The summed E-state index contributed by atoms with van der Waals surface area (Å²) in [5.41, 5.74) is 0. The lowest BCUT2D eigenvalue weighted by Gasteiger charge is -2.22. The minimum absolute atomic E-state index is 0.221. The quantitative estimate of drug-likeness (QED) is 0.846. The first-order chi connectivity index (χ1) is 8.32. The molecular weight excluding hydrogens is 294 g/mol. The lowest BCUT2D eigenvalue weighted by atomic mass is 10.1. The highest BCUT2D eigenvalue weighted by molar-refractivity contribution is 7.91. The van der Waals surface area contributed by atoms with Crippen LogP contribution < -0.4 is 0 Å². The summed E-state index contributed by atoms with van der Waals surface area (Å²) in [6.45, 7) is 3.13. The van der Waals surface area contributed by atoms with Crippen molar-refractivity contribution in [3.05, 3.63) is 10.7 Å². The van der Waals surface area contributed by atoms with E-state index in [0.29, 0.717) is 19.0 Å². The third kappa shape index (κ3) is 2.55. The summed E-state index contributed by atoms with van der Waals surface area (Å²) < 4.78 is 26.8. The van der Waals surface area contributed by atoms with Gasteiger partial charge in [-0.15, -0.1) is 0 Å². The van der Waals surface area contributed by atoms with Crippen molar-refractivity contribution in [2.45, 2.75) is 17.2 Å². The average Bonchev–Trinajstić information content (AvgIpc) is 2.84. The number of halogens is 1. The molecule has 0 aliphatic carbocycles. The third-order valence-corrected chi connectivity index (χ3v) is 6.64. The molecule has 1 aliphatic rings. The molecular formula is C10H16ClN3O2S2. The molecule has 5 nitrogen and oxygen atoms in total. The number of likely N-dealkylation sites (N-methyl/N-ethyl adjacent to an activating group) is 1. The molecule has 0 N–H and O–H groups in total. The molecule has 18 heavy (non-hydrogen) atoms. The number of thiazole rings is 1. The Kier molecular flexibility index (Phi) is 3.99. The van der Waals surface area contributed by atoms with E-state index in [9.17, 15) is 8.42 Å². The van der Waals surface area contributed by atoms with Gasteiger partial charge in [-0.25, -0.2) is 13.4 Å². The molecule has 8 heteroatoms. The zero-order chi connectivity index (χ0) is 13.5. The summed E-state index contributed by atoms with van der Waals surface area (Å²) in [6, 6.07) is 0.253. The Morgan fingerprint density at radius 1 is 1.50 bits per heavy atom. The molecule has 1 aliphatic heterocycles. The van der Waals surface area contributed by atoms with Crippen LogP contribution in [0.15, 0.2) is 10.4 Å². The van der Waals surface area contributed by atoms with E-state index in [1.807, 2.05) is 14.1 Å². The van der Waals surface area contributed by atoms with Gasteiger partial charge in [0.2, 0.25) is 0 Å². The molecule has 2 rings (SSSR count). The number of nitrogens with zero attached hydrogens (tertiary/aromatic N) is 3. The highest BCUT2D eigenvalue weighted by atomic mass is 35.5. The smallest absolute Gasteiger partial charge is 0.254 e. The molecule has 102 valence electrons. The van der Waals surface area contributed by atoms with Crippen LogP contribution in [0.2, 0.25) is 4.47 Å². The topological polar surface area (TPSA) is 53.5 Å². The van der Waals surface area contributed by atoms with Gasteiger partial charge in [0.15, 0.2) is 8.68 Å². The minimum atomic E-state index is -3.44. The van der Waals surface area contributed by atoms with Crippen LogP contribution in [0.3, 0.4) is 0 Å². The first kappa shape index (κ1) is 14.2. The van der Waals surface area contributed by atoms with Gasteiger partial charge in [0.1, 0.15) is 0 Å². The van der Waals surface area contributed by atoms with Crippen LogP contribution in [0.5, 0.6) is 0 Å². The Morgan fingerprint density at radius 3 is 2.61 bits per heavy atom. The Morgan fingerprint density at radius 2 is 2.17 bits per heavy atom. The molecule has 1 fully saturated rings. The van der Waals surface area contributed by atoms with E-state index in [1.165, 1.54) is 10.5 Å². The van der Waals surface area contributed by atoms with Gasteiger partial charge in [0, 0.05) is 19.1 Å². The Hall–Kier alpha value is -0.210. The fourth-order valence-electron chi connectivity index (χ4n) is 2.26. The average molecular weight is 310 g/mol. The highest BCUT2D eigenvalue weighted by Crippen LogP contribution is 2.30. The lowest BCUT2D eigenvalue weighted by molar-refractivity contribution is 0.263. The molecule has 2 unspecified atom stereocenters. The van der Waals surface area contributed by atoms with Crippen molar-refractivity contribution in [1.82, 2.24) is 14.2 Å². The zero-order valence-corrected chi connectivity index (χ0v) is 12.9. The monoisotopic (exact) mass is 309 g/mol. The van der Waals surface area contributed by atoms with Crippen molar-refractivity contribution in [1.29, 1.82) is 0 Å². The molecule has 0 aromatic carbocycles. The van der Waals surface area contributed by atoms with E-state index in [1.54, 1.807) is 0 Å². The maximum Gasteiger partial charge on any atom is 0.254 e. The van der Waals surface area contributed by atoms with Gasteiger partial charge in [0.05, 0.1) is 6.20 Å². The second kappa shape index (κ2) is 5.05. The number of hydrogen-bond donors (Lipinski definition) is 0. The van der Waals surface area contributed by atoms with Gasteiger partial charge in [-0.3, -0.25) is 0 Å². The summed E-state index contributed by atoms with van der Waals surface area (Å²) >= 11 is 6.70. The third-order valence-electron chi connectivity index (χ3n) is 3.25. The maximum absolute atomic E-state index is 12.4. The van der Waals surface area contributed by atoms with Crippen molar-refractivity contribution >= 4 is 33.0 Å². The van der Waals surface area contributed by atoms with Gasteiger partial charge in [-0.1, -0.05) is 29.9 Å². The second-order valence-corrected chi connectivity index (χ2v) is 8.54. The van der Waals surface area contributed by atoms with Crippen LogP contribution >= 0.6 is 22.9 Å². The fourth-order valence-corrected chi connectivity index (χ4v) is 5.27. The number of aromatic nitrogens is 1. The summed E-state index contributed by atoms with van der Waals surface area (Å²) in [7, 11) is 0.507. The summed E-state index contributed by atoms with van der Waals surface area (Å²) in [6.07, 6.45) is 1.33. The van der Waals surface area contributed by atoms with E-state index >= 15 is 0 Å². The van der Waals surface area contributed by atoms with E-state index in [0.717, 1.165) is 11.3 Å². The molecule has 1 aromatic rings. The van der Waals surface area contributed by atoms with Crippen molar-refractivity contribution in [3.63, 3.8) is 0 Å². The SMILES string of the molecule is CC1CN(S(=O)(=O)c2cnc(Cl)s2)CC1N(C)C. The number of hydrogen-bond acceptors (Lipinski definition) is 5. The van der Waals surface area contributed by atoms with E-state index < -0.39 is 10.0 Å². The second-order valence-electron chi connectivity index (χ2n) is 4.76. The van der Waals surface area contributed by atoms with Crippen molar-refractivity contribution in [2.24, 2.45) is 5.92 Å². The molecule has 0 bridgehead atoms. The van der Waals surface area contributed by atoms with Crippen LogP contribution in [0.4, 0.5) is 0 Å². The van der Waals surface area contributed by atoms with Gasteiger partial charge in [-0.2, -0.15) is 4.31 Å². The Bertz CT molecular complexity index is 529. The minimum Gasteiger partial charge on any atom is -0.305 e. The van der Waals surface area contributed by atoms with Crippen molar-refractivity contribution < 1.29 is 8.42 Å². The maximum atomic E-state index is 12.4. The highest BCUT2D eigenvalue weighted by Gasteiger charge is 2.38. The number of sulfonamides is 1. The van der Waals surface area contributed by atoms with Gasteiger partial charge in [0.25, 0.3) is 10.0 Å². The standard InChI is InChI=1S/C10H16ClN3O2S2/c1-7-5-14(6-8(7)13(2)3)18(15,16)9-4-12-10(11)17-9/h4,7-8H,5-6H2,1-3H3. The normalized spacial score (nSPS) is 26.1. The summed E-state index contributed by atoms with van der Waals surface area (Å²) in [5, 5.41) is 0. The van der Waals surface area contributed by atoms with Crippen LogP contribution in [0.1, 0.15) is 6.92 Å². The first-order valence-corrected chi connectivity index (χ1v) is 8.23. The molecule has 1 saturated heterocycles. The Balaban J connectivity index is 2.23. The predicted octanol–water partition coefficient (Wildman–Crippen LogP) is 1.37. The van der Waals surface area contributed by atoms with Gasteiger partial charge < -0.3 is 4.90 Å². The van der Waals surface area contributed by atoms with Crippen LogP contribution in [0, 0.1) is 5.92 Å².